The third kappa shape index (κ3) is 3.28. The van der Waals surface area contributed by atoms with Crippen molar-refractivity contribution in [2.75, 3.05) is 13.1 Å². The third-order valence-corrected chi connectivity index (χ3v) is 3.98. The van der Waals surface area contributed by atoms with Crippen molar-refractivity contribution in [3.63, 3.8) is 0 Å². The molecule has 4 heteroatoms. The van der Waals surface area contributed by atoms with E-state index in [-0.39, 0.29) is 22.4 Å². The number of hydrogen-bond acceptors (Lipinski definition) is 2. The first-order valence-corrected chi connectivity index (χ1v) is 6.76. The number of hydrogen-bond donors (Lipinski definition) is 1. The van der Waals surface area contributed by atoms with Crippen LogP contribution in [0, 0.1) is 0 Å². The molecular formula is C12H21BrN2S. The molecule has 0 saturated carbocycles. The fraction of sp³-hybridized carbons (Fsp3) is 0.750. The molecule has 0 atom stereocenters. The topological polar surface area (TPSA) is 17.3 Å². The van der Waals surface area contributed by atoms with Gasteiger partial charge in [-0.3, -0.25) is 4.90 Å². The number of piperidine rings is 1. The fourth-order valence-corrected chi connectivity index (χ4v) is 3.12. The van der Waals surface area contributed by atoms with Gasteiger partial charge in [-0.05, 0) is 19.3 Å². The van der Waals surface area contributed by atoms with Crippen LogP contribution in [-0.4, -0.2) is 18.1 Å². The zero-order valence-electron chi connectivity index (χ0n) is 10.3. The lowest BCUT2D eigenvalue weighted by molar-refractivity contribution is -0.837. The Bertz CT molecular complexity index is 324. The quantitative estimate of drug-likeness (QED) is 0.715. The van der Waals surface area contributed by atoms with E-state index in [4.69, 9.17) is 4.98 Å². The molecule has 1 saturated heterocycles. The van der Waals surface area contributed by atoms with Crippen LogP contribution in [0.1, 0.15) is 45.7 Å². The van der Waals surface area contributed by atoms with Crippen LogP contribution in [0.4, 0.5) is 5.13 Å². The molecule has 0 aliphatic carbocycles. The van der Waals surface area contributed by atoms with Crippen LogP contribution >= 0.6 is 11.3 Å². The van der Waals surface area contributed by atoms with Gasteiger partial charge in [0, 0.05) is 10.8 Å². The van der Waals surface area contributed by atoms with E-state index in [1.54, 1.807) is 4.90 Å². The van der Waals surface area contributed by atoms with Crippen LogP contribution < -0.4 is 21.9 Å². The molecule has 0 unspecified atom stereocenters. The highest BCUT2D eigenvalue weighted by atomic mass is 79.9. The highest BCUT2D eigenvalue weighted by Crippen LogP contribution is 2.24. The maximum Gasteiger partial charge on any atom is 0.284 e. The van der Waals surface area contributed by atoms with Gasteiger partial charge in [-0.2, -0.15) is 4.98 Å². The van der Waals surface area contributed by atoms with Crippen LogP contribution in [0.3, 0.4) is 0 Å². The molecule has 92 valence electrons. The van der Waals surface area contributed by atoms with E-state index in [1.807, 2.05) is 11.3 Å². The first-order chi connectivity index (χ1) is 7.07. The van der Waals surface area contributed by atoms with Crippen molar-refractivity contribution < 1.29 is 21.9 Å². The van der Waals surface area contributed by atoms with Crippen molar-refractivity contribution in [1.29, 1.82) is 0 Å². The van der Waals surface area contributed by atoms with Gasteiger partial charge in [0.1, 0.15) is 0 Å². The van der Waals surface area contributed by atoms with Gasteiger partial charge in [0.05, 0.1) is 18.8 Å². The van der Waals surface area contributed by atoms with Crippen LogP contribution in [-0.2, 0) is 5.41 Å². The van der Waals surface area contributed by atoms with Crippen LogP contribution in [0.2, 0.25) is 0 Å². The van der Waals surface area contributed by atoms with Gasteiger partial charge < -0.3 is 17.0 Å². The van der Waals surface area contributed by atoms with Crippen molar-refractivity contribution >= 4 is 16.5 Å². The van der Waals surface area contributed by atoms with Crippen molar-refractivity contribution in [2.24, 2.45) is 0 Å². The summed E-state index contributed by atoms with van der Waals surface area (Å²) < 4.78 is 0. The summed E-state index contributed by atoms with van der Waals surface area (Å²) in [6.45, 7) is 9.25. The van der Waals surface area contributed by atoms with Crippen molar-refractivity contribution in [2.45, 2.75) is 45.4 Å². The number of rotatable bonds is 1. The minimum absolute atomic E-state index is 0. The summed E-state index contributed by atoms with van der Waals surface area (Å²) >= 11 is 1.83. The summed E-state index contributed by atoms with van der Waals surface area (Å²) in [4.78, 5) is 6.39. The predicted molar refractivity (Wildman–Crippen MR) is 65.0 cm³/mol. The Morgan fingerprint density at radius 1 is 1.19 bits per heavy atom. The lowest BCUT2D eigenvalue weighted by Gasteiger charge is -2.20. The normalized spacial score (nSPS) is 18.2. The van der Waals surface area contributed by atoms with Crippen molar-refractivity contribution in [3.05, 3.63) is 11.1 Å². The molecule has 0 spiro atoms. The third-order valence-electron chi connectivity index (χ3n) is 3.03. The number of halogens is 1. The minimum Gasteiger partial charge on any atom is -1.00 e. The van der Waals surface area contributed by atoms with Gasteiger partial charge in [0.2, 0.25) is 0 Å². The molecule has 0 aromatic carbocycles. The molecular weight excluding hydrogens is 284 g/mol. The van der Waals surface area contributed by atoms with Crippen LogP contribution in [0.5, 0.6) is 0 Å². The van der Waals surface area contributed by atoms with Crippen LogP contribution in [0.15, 0.2) is 5.38 Å². The standard InChI is InChI=1S/C12H20N2S.BrH/c1-12(2,3)10-9-15-11(13-10)14-7-5-4-6-8-14;/h9H,4-8H2,1-3H3;1H. The molecule has 1 aliphatic heterocycles. The maximum atomic E-state index is 4.79. The Kier molecular flexibility index (Phi) is 4.95. The maximum absolute atomic E-state index is 4.79. The Balaban J connectivity index is 0.00000128. The Morgan fingerprint density at radius 2 is 1.81 bits per heavy atom. The molecule has 1 aromatic heterocycles. The Morgan fingerprint density at radius 3 is 2.31 bits per heavy atom. The molecule has 0 amide bonds. The van der Waals surface area contributed by atoms with Gasteiger partial charge in [-0.15, -0.1) is 0 Å². The number of aromatic nitrogens is 1. The van der Waals surface area contributed by atoms with E-state index in [9.17, 15) is 0 Å². The summed E-state index contributed by atoms with van der Waals surface area (Å²) in [7, 11) is 0. The average molecular weight is 305 g/mol. The van der Waals surface area contributed by atoms with Gasteiger partial charge >= 0.3 is 0 Å². The van der Waals surface area contributed by atoms with E-state index >= 15 is 0 Å². The minimum atomic E-state index is 0. The smallest absolute Gasteiger partial charge is 0.284 e. The SMILES string of the molecule is CC(C)(C)c1csc([NH+]2CCCCC2)n1.[Br-]. The van der Waals surface area contributed by atoms with Gasteiger partial charge in [-0.25, -0.2) is 0 Å². The first-order valence-electron chi connectivity index (χ1n) is 5.88. The molecule has 16 heavy (non-hydrogen) atoms. The molecule has 1 aliphatic rings. The molecule has 1 aromatic rings. The molecule has 2 rings (SSSR count). The Labute approximate surface area is 113 Å². The summed E-state index contributed by atoms with van der Waals surface area (Å²) in [5, 5.41) is 3.54. The fourth-order valence-electron chi connectivity index (χ4n) is 1.97. The lowest BCUT2D eigenvalue weighted by atomic mass is 9.93. The van der Waals surface area contributed by atoms with Crippen molar-refractivity contribution in [3.8, 4) is 0 Å². The van der Waals surface area contributed by atoms with Gasteiger partial charge in [0.25, 0.3) is 5.13 Å². The average Bonchev–Trinajstić information content (AvgIpc) is 2.67. The largest absolute Gasteiger partial charge is 1.00 e. The summed E-state index contributed by atoms with van der Waals surface area (Å²) in [5.41, 5.74) is 1.45. The lowest BCUT2D eigenvalue weighted by Crippen LogP contribution is -3.08. The highest BCUT2D eigenvalue weighted by Gasteiger charge is 2.23. The van der Waals surface area contributed by atoms with E-state index in [0.717, 1.165) is 0 Å². The summed E-state index contributed by atoms with van der Waals surface area (Å²) in [6.07, 6.45) is 4.13. The second-order valence-electron chi connectivity index (χ2n) is 5.45. The monoisotopic (exact) mass is 304 g/mol. The predicted octanol–water partition coefficient (Wildman–Crippen LogP) is -0.855. The van der Waals surface area contributed by atoms with E-state index in [1.165, 1.54) is 43.2 Å². The molecule has 1 fully saturated rings. The number of nitrogens with zero attached hydrogens (tertiary/aromatic N) is 1. The van der Waals surface area contributed by atoms with E-state index in [0.29, 0.717) is 0 Å². The highest BCUT2D eigenvalue weighted by molar-refractivity contribution is 7.12. The first kappa shape index (κ1) is 14.1. The molecule has 1 N–H and O–H groups in total. The molecule has 0 radical (unpaired) electrons. The second kappa shape index (κ2) is 5.61. The van der Waals surface area contributed by atoms with E-state index < -0.39 is 0 Å². The number of quaternary nitrogens is 1. The van der Waals surface area contributed by atoms with Crippen LogP contribution in [0.25, 0.3) is 0 Å². The van der Waals surface area contributed by atoms with Crippen molar-refractivity contribution in [1.82, 2.24) is 4.98 Å². The molecule has 0 bridgehead atoms. The molecule has 2 heterocycles. The summed E-state index contributed by atoms with van der Waals surface area (Å²) in [6, 6.07) is 0. The van der Waals surface area contributed by atoms with Gasteiger partial charge in [-0.1, -0.05) is 32.1 Å². The van der Waals surface area contributed by atoms with Gasteiger partial charge in [0.15, 0.2) is 0 Å². The number of nitrogens with one attached hydrogen (secondary N) is 1. The number of thiazole rings is 1. The zero-order valence-corrected chi connectivity index (χ0v) is 12.7. The van der Waals surface area contributed by atoms with E-state index in [2.05, 4.69) is 26.2 Å². The second-order valence-corrected chi connectivity index (χ2v) is 6.31. The Hall–Kier alpha value is 0.0700. The molecule has 2 nitrogen and oxygen atoms in total. The summed E-state index contributed by atoms with van der Waals surface area (Å²) in [5.74, 6) is 0. The zero-order chi connectivity index (χ0) is 10.9.